The molecule has 0 radical (unpaired) electrons. The average Bonchev–Trinajstić information content (AvgIpc) is 3.49. The molecule has 0 amide bonds. The van der Waals surface area contributed by atoms with Gasteiger partial charge in [0.1, 0.15) is 5.82 Å². The molecule has 34 heavy (non-hydrogen) atoms. The fourth-order valence-corrected chi connectivity index (χ4v) is 6.46. The molecular formula is C25H21FN4O2S2. The van der Waals surface area contributed by atoms with Gasteiger partial charge in [0.25, 0.3) is 0 Å². The highest BCUT2D eigenvalue weighted by Crippen LogP contribution is 2.42. The van der Waals surface area contributed by atoms with Gasteiger partial charge in [0, 0.05) is 33.5 Å². The fraction of sp³-hybridized carbons (Fsp3) is 0.160. The molecule has 5 aromatic rings. The minimum atomic E-state index is -1.15. The lowest BCUT2D eigenvalue weighted by Gasteiger charge is -2.06. The Hall–Kier alpha value is -3.43. The fourth-order valence-electron chi connectivity index (χ4n) is 3.99. The first kappa shape index (κ1) is 22.4. The predicted molar refractivity (Wildman–Crippen MR) is 135 cm³/mol. The number of carbonyl (C=O) groups is 1. The van der Waals surface area contributed by atoms with Crippen LogP contribution in [0.2, 0.25) is 0 Å². The third-order valence-corrected chi connectivity index (χ3v) is 7.58. The number of nitrogens with zero attached hydrogens (tertiary/aromatic N) is 3. The maximum absolute atomic E-state index is 13.9. The number of carboxylic acids is 1. The largest absolute Gasteiger partial charge is 0.476 e. The van der Waals surface area contributed by atoms with Crippen LogP contribution in [0, 0.1) is 12.7 Å². The molecule has 0 bridgehead atoms. The van der Waals surface area contributed by atoms with Crippen LogP contribution in [0.15, 0.2) is 58.9 Å². The Morgan fingerprint density at radius 3 is 2.74 bits per heavy atom. The Morgan fingerprint density at radius 2 is 2.00 bits per heavy atom. The van der Waals surface area contributed by atoms with E-state index in [-0.39, 0.29) is 5.69 Å². The van der Waals surface area contributed by atoms with E-state index in [4.69, 9.17) is 4.98 Å². The summed E-state index contributed by atoms with van der Waals surface area (Å²) in [7, 11) is 0. The lowest BCUT2D eigenvalue weighted by atomic mass is 10.0. The molecule has 9 heteroatoms. The molecule has 0 spiro atoms. The van der Waals surface area contributed by atoms with Crippen molar-refractivity contribution in [3.05, 3.63) is 71.9 Å². The molecule has 0 aliphatic heterocycles. The van der Waals surface area contributed by atoms with Crippen LogP contribution in [0.4, 0.5) is 4.39 Å². The highest BCUT2D eigenvalue weighted by molar-refractivity contribution is 8.01. The minimum absolute atomic E-state index is 0.0376. The van der Waals surface area contributed by atoms with Crippen LogP contribution < -0.4 is 0 Å². The van der Waals surface area contributed by atoms with Gasteiger partial charge in [-0.3, -0.25) is 0 Å². The zero-order valence-corrected chi connectivity index (χ0v) is 20.3. The zero-order chi connectivity index (χ0) is 24.0. The standard InChI is InChI=1S/C25H21FN4O2S2/c1-13(2)33-24-21(18-8-5-9-19-17(18)10-11-27-19)28-25(34-24)30-22(23(31)32)20(14(3)29-30)15-6-4-7-16(26)12-15/h4-13,27H,1-3H3,(H,31,32). The van der Waals surface area contributed by atoms with Crippen LogP contribution in [-0.2, 0) is 0 Å². The summed E-state index contributed by atoms with van der Waals surface area (Å²) in [6.07, 6.45) is 1.89. The summed E-state index contributed by atoms with van der Waals surface area (Å²) in [4.78, 5) is 20.5. The maximum Gasteiger partial charge on any atom is 0.355 e. The van der Waals surface area contributed by atoms with Crippen molar-refractivity contribution in [3.63, 3.8) is 0 Å². The number of aromatic carboxylic acids is 1. The van der Waals surface area contributed by atoms with Crippen LogP contribution in [0.1, 0.15) is 30.0 Å². The van der Waals surface area contributed by atoms with Crippen LogP contribution >= 0.6 is 23.1 Å². The van der Waals surface area contributed by atoms with Gasteiger partial charge in [-0.15, -0.1) is 11.8 Å². The molecule has 0 saturated carbocycles. The number of thioether (sulfide) groups is 1. The Bertz CT molecular complexity index is 1530. The number of aromatic amines is 1. The van der Waals surface area contributed by atoms with Gasteiger partial charge in [-0.2, -0.15) is 9.78 Å². The highest BCUT2D eigenvalue weighted by atomic mass is 32.2. The number of benzene rings is 2. The average molecular weight is 493 g/mol. The monoisotopic (exact) mass is 492 g/mol. The van der Waals surface area contributed by atoms with E-state index >= 15 is 0 Å². The first-order chi connectivity index (χ1) is 16.3. The van der Waals surface area contributed by atoms with E-state index in [0.717, 1.165) is 26.4 Å². The van der Waals surface area contributed by atoms with E-state index in [9.17, 15) is 14.3 Å². The van der Waals surface area contributed by atoms with Crippen molar-refractivity contribution < 1.29 is 14.3 Å². The third-order valence-electron chi connectivity index (χ3n) is 5.34. The molecule has 0 unspecified atom stereocenters. The van der Waals surface area contributed by atoms with E-state index < -0.39 is 11.8 Å². The summed E-state index contributed by atoms with van der Waals surface area (Å²) in [5.74, 6) is -1.59. The minimum Gasteiger partial charge on any atom is -0.476 e. The molecular weight excluding hydrogens is 471 g/mol. The van der Waals surface area contributed by atoms with Crippen molar-refractivity contribution in [1.82, 2.24) is 19.7 Å². The summed E-state index contributed by atoms with van der Waals surface area (Å²) >= 11 is 3.08. The molecule has 172 valence electrons. The highest BCUT2D eigenvalue weighted by Gasteiger charge is 2.27. The predicted octanol–water partition coefficient (Wildman–Crippen LogP) is 6.79. The van der Waals surface area contributed by atoms with Crippen molar-refractivity contribution in [3.8, 4) is 27.5 Å². The molecule has 3 aromatic heterocycles. The molecule has 0 fully saturated rings. The Morgan fingerprint density at radius 1 is 1.21 bits per heavy atom. The van der Waals surface area contributed by atoms with Gasteiger partial charge in [0.15, 0.2) is 5.69 Å². The normalized spacial score (nSPS) is 11.6. The van der Waals surface area contributed by atoms with Crippen LogP contribution in [0.5, 0.6) is 0 Å². The number of hydrogen-bond donors (Lipinski definition) is 2. The van der Waals surface area contributed by atoms with E-state index in [1.165, 1.54) is 28.2 Å². The molecule has 2 N–H and O–H groups in total. The lowest BCUT2D eigenvalue weighted by molar-refractivity contribution is 0.0688. The number of carboxylic acid groups (broad SMARTS) is 1. The number of hydrogen-bond acceptors (Lipinski definition) is 5. The van der Waals surface area contributed by atoms with Gasteiger partial charge < -0.3 is 10.1 Å². The summed E-state index contributed by atoms with van der Waals surface area (Å²) in [5.41, 5.74) is 4.06. The number of aryl methyl sites for hydroxylation is 1. The van der Waals surface area contributed by atoms with Gasteiger partial charge >= 0.3 is 5.97 Å². The molecule has 2 aromatic carbocycles. The molecule has 5 rings (SSSR count). The summed E-state index contributed by atoms with van der Waals surface area (Å²) in [6.45, 7) is 5.93. The van der Waals surface area contributed by atoms with Gasteiger partial charge in [-0.1, -0.05) is 49.4 Å². The van der Waals surface area contributed by atoms with Gasteiger partial charge in [-0.05, 0) is 36.8 Å². The zero-order valence-electron chi connectivity index (χ0n) is 18.7. The third kappa shape index (κ3) is 3.91. The summed E-state index contributed by atoms with van der Waals surface area (Å²) in [5, 5.41) is 16.4. The second-order valence-corrected chi connectivity index (χ2v) is 10.9. The van der Waals surface area contributed by atoms with Crippen LogP contribution in [0.3, 0.4) is 0 Å². The Balaban J connectivity index is 1.73. The molecule has 0 saturated heterocycles. The number of aromatic nitrogens is 4. The number of H-pyrrole nitrogens is 1. The van der Waals surface area contributed by atoms with E-state index in [1.54, 1.807) is 30.8 Å². The Kier molecular flexibility index (Phi) is 5.75. The molecule has 6 nitrogen and oxygen atoms in total. The Labute approximate surface area is 203 Å². The second kappa shape index (κ2) is 8.73. The maximum atomic E-state index is 13.9. The summed E-state index contributed by atoms with van der Waals surface area (Å²) in [6, 6.07) is 13.9. The number of rotatable bonds is 6. The van der Waals surface area contributed by atoms with Crippen molar-refractivity contribution in [2.24, 2.45) is 0 Å². The first-order valence-electron chi connectivity index (χ1n) is 10.7. The molecule has 0 aliphatic rings. The van der Waals surface area contributed by atoms with Crippen LogP contribution in [0.25, 0.3) is 38.4 Å². The van der Waals surface area contributed by atoms with Crippen molar-refractivity contribution in [1.29, 1.82) is 0 Å². The second-order valence-electron chi connectivity index (χ2n) is 8.08. The first-order valence-corrected chi connectivity index (χ1v) is 12.4. The molecule has 0 aliphatic carbocycles. The van der Waals surface area contributed by atoms with Crippen LogP contribution in [-0.4, -0.2) is 36.1 Å². The molecule has 3 heterocycles. The number of nitrogens with one attached hydrogen (secondary N) is 1. The molecule has 0 atom stereocenters. The van der Waals surface area contributed by atoms with Crippen molar-refractivity contribution in [2.45, 2.75) is 30.2 Å². The van der Waals surface area contributed by atoms with Crippen molar-refractivity contribution in [2.75, 3.05) is 0 Å². The SMILES string of the molecule is Cc1nn(-c2nc(-c3cccc4[nH]ccc34)c(SC(C)C)s2)c(C(=O)O)c1-c1cccc(F)c1. The van der Waals surface area contributed by atoms with E-state index in [0.29, 0.717) is 27.2 Å². The van der Waals surface area contributed by atoms with Gasteiger partial charge in [-0.25, -0.2) is 14.2 Å². The number of thiazole rings is 1. The lowest BCUT2D eigenvalue weighted by Crippen LogP contribution is -2.09. The quantitative estimate of drug-likeness (QED) is 0.255. The number of halogens is 1. The van der Waals surface area contributed by atoms with Crippen molar-refractivity contribution >= 4 is 40.0 Å². The van der Waals surface area contributed by atoms with Gasteiger partial charge in [0.2, 0.25) is 5.13 Å². The van der Waals surface area contributed by atoms with Gasteiger partial charge in [0.05, 0.1) is 15.6 Å². The smallest absolute Gasteiger partial charge is 0.355 e. The number of fused-ring (bicyclic) bond motifs is 1. The van der Waals surface area contributed by atoms with E-state index in [1.807, 2.05) is 30.5 Å². The summed E-state index contributed by atoms with van der Waals surface area (Å²) < 4.78 is 16.3. The van der Waals surface area contributed by atoms with E-state index in [2.05, 4.69) is 23.9 Å². The topological polar surface area (TPSA) is 83.8 Å².